The lowest BCUT2D eigenvalue weighted by Gasteiger charge is -2.06. The van der Waals surface area contributed by atoms with Crippen molar-refractivity contribution >= 4 is 21.9 Å². The minimum absolute atomic E-state index is 0.0299. The van der Waals surface area contributed by atoms with E-state index in [1.807, 2.05) is 6.92 Å². The topological polar surface area (TPSA) is 71.4 Å². The molecular weight excluding hydrogens is 288 g/mol. The van der Waals surface area contributed by atoms with Crippen LogP contribution in [0.2, 0.25) is 0 Å². The molecule has 0 atom stereocenters. The molecule has 5 heteroatoms. The maximum atomic E-state index is 12.4. The smallest absolute Gasteiger partial charge is 0.347 e. The number of sulfone groups is 1. The molecule has 0 saturated heterocycles. The van der Waals surface area contributed by atoms with Gasteiger partial charge in [0.2, 0.25) is 9.84 Å². The molecule has 0 aliphatic heterocycles. The summed E-state index contributed by atoms with van der Waals surface area (Å²) in [5.41, 5.74) is 1.42. The molecule has 2 aromatic carbocycles. The molecular formula is C16H14O4S. The van der Waals surface area contributed by atoms with Crippen LogP contribution in [-0.4, -0.2) is 19.5 Å². The van der Waals surface area contributed by atoms with E-state index in [0.717, 1.165) is 11.6 Å². The summed E-state index contributed by atoms with van der Waals surface area (Å²) in [4.78, 5) is 10.7. The first kappa shape index (κ1) is 15.0. The van der Waals surface area contributed by atoms with Gasteiger partial charge < -0.3 is 5.11 Å². The Morgan fingerprint density at radius 3 is 2.10 bits per heavy atom. The Hall–Kier alpha value is -2.40. The van der Waals surface area contributed by atoms with Crippen molar-refractivity contribution in [1.29, 1.82) is 0 Å². The average molecular weight is 302 g/mol. The zero-order valence-electron chi connectivity index (χ0n) is 11.4. The van der Waals surface area contributed by atoms with Gasteiger partial charge in [-0.2, -0.15) is 0 Å². The van der Waals surface area contributed by atoms with Crippen LogP contribution in [0.3, 0.4) is 0 Å². The number of carboxylic acid groups (broad SMARTS) is 1. The van der Waals surface area contributed by atoms with E-state index < -0.39 is 20.7 Å². The number of aryl methyl sites for hydroxylation is 1. The van der Waals surface area contributed by atoms with Gasteiger partial charge in [0.25, 0.3) is 0 Å². The molecule has 0 fully saturated rings. The van der Waals surface area contributed by atoms with Crippen LogP contribution in [0.25, 0.3) is 6.08 Å². The lowest BCUT2D eigenvalue weighted by molar-refractivity contribution is -0.131. The van der Waals surface area contributed by atoms with E-state index in [2.05, 4.69) is 0 Å². The van der Waals surface area contributed by atoms with E-state index in [4.69, 9.17) is 0 Å². The van der Waals surface area contributed by atoms with Gasteiger partial charge in [-0.1, -0.05) is 48.0 Å². The standard InChI is InChI=1S/C16H14O4S/c1-12-7-9-14(10-8-12)21(19,20)15(16(17)18)11-13-5-3-2-4-6-13/h2-11H,1H3,(H,17,18)/b15-11-. The Balaban J connectivity index is 2.55. The Morgan fingerprint density at radius 1 is 1.00 bits per heavy atom. The fourth-order valence-corrected chi connectivity index (χ4v) is 3.07. The number of rotatable bonds is 4. The maximum absolute atomic E-state index is 12.4. The summed E-state index contributed by atoms with van der Waals surface area (Å²) in [6.45, 7) is 1.83. The highest BCUT2D eigenvalue weighted by molar-refractivity contribution is 7.96. The molecule has 0 unspecified atom stereocenters. The predicted molar refractivity (Wildman–Crippen MR) is 80.4 cm³/mol. The van der Waals surface area contributed by atoms with E-state index in [0.29, 0.717) is 5.56 Å². The fourth-order valence-electron chi connectivity index (χ4n) is 1.80. The van der Waals surface area contributed by atoms with E-state index in [1.54, 1.807) is 42.5 Å². The Bertz CT molecular complexity index is 773. The summed E-state index contributed by atoms with van der Waals surface area (Å²) >= 11 is 0. The Kier molecular flexibility index (Phi) is 4.23. The van der Waals surface area contributed by atoms with Crippen molar-refractivity contribution in [3.63, 3.8) is 0 Å². The van der Waals surface area contributed by atoms with Crippen molar-refractivity contribution in [2.75, 3.05) is 0 Å². The lowest BCUT2D eigenvalue weighted by atomic mass is 10.2. The molecule has 0 bridgehead atoms. The van der Waals surface area contributed by atoms with Crippen LogP contribution in [0.5, 0.6) is 0 Å². The molecule has 2 rings (SSSR count). The molecule has 0 aliphatic carbocycles. The van der Waals surface area contributed by atoms with Crippen molar-refractivity contribution in [2.24, 2.45) is 0 Å². The summed E-state index contributed by atoms with van der Waals surface area (Å²) in [7, 11) is -4.05. The van der Waals surface area contributed by atoms with Crippen LogP contribution >= 0.6 is 0 Å². The van der Waals surface area contributed by atoms with E-state index in [1.165, 1.54) is 12.1 Å². The van der Waals surface area contributed by atoms with Crippen LogP contribution in [0.1, 0.15) is 11.1 Å². The third kappa shape index (κ3) is 3.38. The fraction of sp³-hybridized carbons (Fsp3) is 0.0625. The van der Waals surface area contributed by atoms with Gasteiger partial charge in [-0.05, 0) is 30.7 Å². The van der Waals surface area contributed by atoms with Crippen molar-refractivity contribution in [2.45, 2.75) is 11.8 Å². The third-order valence-corrected chi connectivity index (χ3v) is 4.69. The molecule has 0 aliphatic rings. The molecule has 108 valence electrons. The number of carboxylic acids is 1. The molecule has 0 spiro atoms. The second kappa shape index (κ2) is 5.93. The average Bonchev–Trinajstić information content (AvgIpc) is 2.46. The molecule has 0 amide bonds. The van der Waals surface area contributed by atoms with Crippen LogP contribution in [0.4, 0.5) is 0 Å². The van der Waals surface area contributed by atoms with E-state index >= 15 is 0 Å². The first-order valence-electron chi connectivity index (χ1n) is 6.23. The minimum atomic E-state index is -4.05. The zero-order chi connectivity index (χ0) is 15.5. The zero-order valence-corrected chi connectivity index (χ0v) is 12.2. The van der Waals surface area contributed by atoms with Crippen LogP contribution < -0.4 is 0 Å². The number of aliphatic carboxylic acids is 1. The summed E-state index contributed by atoms with van der Waals surface area (Å²) in [6, 6.07) is 14.6. The number of hydrogen-bond acceptors (Lipinski definition) is 3. The van der Waals surface area contributed by atoms with E-state index in [-0.39, 0.29) is 4.90 Å². The molecule has 0 radical (unpaired) electrons. The maximum Gasteiger partial charge on any atom is 0.347 e. The van der Waals surface area contributed by atoms with Crippen molar-refractivity contribution < 1.29 is 18.3 Å². The van der Waals surface area contributed by atoms with Gasteiger partial charge in [0.05, 0.1) is 4.90 Å². The molecule has 4 nitrogen and oxygen atoms in total. The second-order valence-electron chi connectivity index (χ2n) is 4.54. The highest BCUT2D eigenvalue weighted by Gasteiger charge is 2.26. The normalized spacial score (nSPS) is 12.1. The van der Waals surface area contributed by atoms with Gasteiger partial charge in [0, 0.05) is 0 Å². The first-order chi connectivity index (χ1) is 9.91. The van der Waals surface area contributed by atoms with Gasteiger partial charge >= 0.3 is 5.97 Å². The van der Waals surface area contributed by atoms with Gasteiger partial charge in [0.15, 0.2) is 4.91 Å². The number of hydrogen-bond donors (Lipinski definition) is 1. The van der Waals surface area contributed by atoms with Crippen LogP contribution in [0.15, 0.2) is 64.4 Å². The largest absolute Gasteiger partial charge is 0.477 e. The van der Waals surface area contributed by atoms with Gasteiger partial charge in [-0.3, -0.25) is 0 Å². The number of carbonyl (C=O) groups is 1. The summed E-state index contributed by atoms with van der Waals surface area (Å²) < 4.78 is 24.9. The van der Waals surface area contributed by atoms with Gasteiger partial charge in [-0.15, -0.1) is 0 Å². The summed E-state index contributed by atoms with van der Waals surface area (Å²) in [5, 5.41) is 9.24. The molecule has 21 heavy (non-hydrogen) atoms. The summed E-state index contributed by atoms with van der Waals surface area (Å²) in [5.74, 6) is -1.47. The highest BCUT2D eigenvalue weighted by Crippen LogP contribution is 2.22. The summed E-state index contributed by atoms with van der Waals surface area (Å²) in [6.07, 6.45) is 1.16. The van der Waals surface area contributed by atoms with Crippen LogP contribution in [-0.2, 0) is 14.6 Å². The minimum Gasteiger partial charge on any atom is -0.477 e. The molecule has 0 saturated carbocycles. The monoisotopic (exact) mass is 302 g/mol. The van der Waals surface area contributed by atoms with E-state index in [9.17, 15) is 18.3 Å². The molecule has 1 N–H and O–H groups in total. The molecule has 2 aromatic rings. The van der Waals surface area contributed by atoms with Crippen molar-refractivity contribution in [3.8, 4) is 0 Å². The van der Waals surface area contributed by atoms with Gasteiger partial charge in [0.1, 0.15) is 0 Å². The van der Waals surface area contributed by atoms with Gasteiger partial charge in [-0.25, -0.2) is 13.2 Å². The lowest BCUT2D eigenvalue weighted by Crippen LogP contribution is -2.13. The third-order valence-electron chi connectivity index (χ3n) is 2.93. The highest BCUT2D eigenvalue weighted by atomic mass is 32.2. The van der Waals surface area contributed by atoms with Crippen molar-refractivity contribution in [1.82, 2.24) is 0 Å². The van der Waals surface area contributed by atoms with Crippen molar-refractivity contribution in [3.05, 3.63) is 70.6 Å². The Labute approximate surface area is 123 Å². The second-order valence-corrected chi connectivity index (χ2v) is 6.46. The SMILES string of the molecule is Cc1ccc(S(=O)(=O)/C(=C\c2ccccc2)C(=O)O)cc1. The Morgan fingerprint density at radius 2 is 1.57 bits per heavy atom. The van der Waals surface area contributed by atoms with Crippen LogP contribution in [0, 0.1) is 6.92 Å². The number of benzene rings is 2. The predicted octanol–water partition coefficient (Wildman–Crippen LogP) is 2.89. The molecule has 0 heterocycles. The quantitative estimate of drug-likeness (QED) is 0.882. The first-order valence-corrected chi connectivity index (χ1v) is 7.71. The molecule has 0 aromatic heterocycles.